The van der Waals surface area contributed by atoms with Crippen LogP contribution in [-0.2, 0) is 21.2 Å². The maximum atomic E-state index is 12.4. The van der Waals surface area contributed by atoms with Crippen LogP contribution in [0.4, 0.5) is 0 Å². The van der Waals surface area contributed by atoms with E-state index in [9.17, 15) is 13.5 Å². The number of nitrogens with one attached hydrogen (secondary N) is 2. The Morgan fingerprint density at radius 3 is 2.53 bits per heavy atom. The lowest BCUT2D eigenvalue weighted by molar-refractivity contribution is 0.107. The van der Waals surface area contributed by atoms with Gasteiger partial charge >= 0.3 is 0 Å². The third kappa shape index (κ3) is 8.23. The second kappa shape index (κ2) is 13.2. The average molecular weight is 489 g/mol. The zero-order chi connectivity index (χ0) is 24.2. The predicted molar refractivity (Wildman–Crippen MR) is 130 cm³/mol. The van der Waals surface area contributed by atoms with E-state index < -0.39 is 16.1 Å². The van der Waals surface area contributed by atoms with Crippen molar-refractivity contribution in [2.75, 3.05) is 39.5 Å². The molecule has 3 aromatic rings. The molecule has 0 saturated heterocycles. The number of nitrogens with zero attached hydrogens (tertiary/aromatic N) is 2. The van der Waals surface area contributed by atoms with Crippen LogP contribution in [-0.4, -0.2) is 68.6 Å². The van der Waals surface area contributed by atoms with Crippen LogP contribution >= 0.6 is 0 Å². The summed E-state index contributed by atoms with van der Waals surface area (Å²) in [4.78, 5) is 4.17. The molecule has 10 heteroatoms. The minimum Gasteiger partial charge on any atom is -0.491 e. The van der Waals surface area contributed by atoms with E-state index >= 15 is 0 Å². The van der Waals surface area contributed by atoms with Crippen molar-refractivity contribution in [2.24, 2.45) is 0 Å². The summed E-state index contributed by atoms with van der Waals surface area (Å²) in [5.74, 6) is 0.686. The van der Waals surface area contributed by atoms with Crippen LogP contribution in [0.15, 0.2) is 72.1 Å². The van der Waals surface area contributed by atoms with Gasteiger partial charge in [-0.15, -0.1) is 0 Å². The number of aliphatic hydroxyl groups excluding tert-OH is 1. The van der Waals surface area contributed by atoms with Crippen molar-refractivity contribution >= 4 is 10.0 Å². The standard InChI is InChI=1S/C24H32N4O5S/c1-2-32-16-11-20-3-7-23(8-4-20)33-18-22(29)17-25-12-13-27-34(30,31)24-9-5-21(6-10-24)28-15-14-26-19-28/h3-10,14-15,19,22,25,27,29H,2,11-13,16-18H2,1H3. The first-order valence-corrected chi connectivity index (χ1v) is 12.7. The van der Waals surface area contributed by atoms with Gasteiger partial charge in [0, 0.05) is 44.3 Å². The highest BCUT2D eigenvalue weighted by Crippen LogP contribution is 2.14. The number of hydrogen-bond acceptors (Lipinski definition) is 7. The molecule has 0 aliphatic carbocycles. The second-order valence-electron chi connectivity index (χ2n) is 7.62. The van der Waals surface area contributed by atoms with Crippen molar-refractivity contribution in [3.05, 3.63) is 72.8 Å². The van der Waals surface area contributed by atoms with E-state index in [-0.39, 0.29) is 24.6 Å². The van der Waals surface area contributed by atoms with E-state index in [0.717, 1.165) is 12.1 Å². The fourth-order valence-electron chi connectivity index (χ4n) is 3.17. The molecule has 1 atom stereocenters. The Morgan fingerprint density at radius 1 is 1.09 bits per heavy atom. The summed E-state index contributed by atoms with van der Waals surface area (Å²) < 4.78 is 40.2. The lowest BCUT2D eigenvalue weighted by Crippen LogP contribution is -2.37. The Bertz CT molecular complexity index is 1070. The maximum Gasteiger partial charge on any atom is 0.240 e. The van der Waals surface area contributed by atoms with Gasteiger partial charge in [0.1, 0.15) is 18.5 Å². The van der Waals surface area contributed by atoms with Gasteiger partial charge in [-0.2, -0.15) is 0 Å². The molecule has 3 N–H and O–H groups in total. The molecule has 0 radical (unpaired) electrons. The SMILES string of the molecule is CCOCCc1ccc(OCC(O)CNCCNS(=O)(=O)c2ccc(-n3ccnc3)cc2)cc1. The van der Waals surface area contributed by atoms with Crippen molar-refractivity contribution in [3.63, 3.8) is 0 Å². The molecule has 0 amide bonds. The number of benzene rings is 2. The summed E-state index contributed by atoms with van der Waals surface area (Å²) in [6.45, 7) is 4.36. The molecular weight excluding hydrogens is 456 g/mol. The van der Waals surface area contributed by atoms with Gasteiger partial charge in [-0.05, 0) is 55.3 Å². The first kappa shape index (κ1) is 25.9. The number of aromatic nitrogens is 2. The molecule has 0 fully saturated rings. The molecule has 34 heavy (non-hydrogen) atoms. The zero-order valence-electron chi connectivity index (χ0n) is 19.3. The van der Waals surface area contributed by atoms with E-state index in [0.29, 0.717) is 25.5 Å². The van der Waals surface area contributed by atoms with Crippen LogP contribution in [0.3, 0.4) is 0 Å². The zero-order valence-corrected chi connectivity index (χ0v) is 20.1. The highest BCUT2D eigenvalue weighted by atomic mass is 32.2. The smallest absolute Gasteiger partial charge is 0.240 e. The van der Waals surface area contributed by atoms with Gasteiger partial charge < -0.3 is 24.5 Å². The van der Waals surface area contributed by atoms with Gasteiger partial charge in [0.15, 0.2) is 0 Å². The third-order valence-corrected chi connectivity index (χ3v) is 6.51. The van der Waals surface area contributed by atoms with Gasteiger partial charge in [0.25, 0.3) is 0 Å². The second-order valence-corrected chi connectivity index (χ2v) is 9.39. The Hall–Kier alpha value is -2.76. The first-order valence-electron chi connectivity index (χ1n) is 11.2. The number of aliphatic hydroxyl groups is 1. The van der Waals surface area contributed by atoms with E-state index in [1.54, 1.807) is 47.6 Å². The van der Waals surface area contributed by atoms with Crippen LogP contribution in [0.5, 0.6) is 5.75 Å². The summed E-state index contributed by atoms with van der Waals surface area (Å²) in [5, 5.41) is 13.1. The molecule has 0 spiro atoms. The summed E-state index contributed by atoms with van der Waals surface area (Å²) >= 11 is 0. The molecular formula is C24H32N4O5S. The van der Waals surface area contributed by atoms with Crippen LogP contribution in [0.2, 0.25) is 0 Å². The van der Waals surface area contributed by atoms with Gasteiger partial charge in [0.05, 0.1) is 17.8 Å². The number of hydrogen-bond donors (Lipinski definition) is 3. The monoisotopic (exact) mass is 488 g/mol. The lowest BCUT2D eigenvalue weighted by Gasteiger charge is -2.14. The van der Waals surface area contributed by atoms with Crippen LogP contribution in [0.1, 0.15) is 12.5 Å². The molecule has 0 bridgehead atoms. The highest BCUT2D eigenvalue weighted by molar-refractivity contribution is 7.89. The van der Waals surface area contributed by atoms with Gasteiger partial charge in [-0.1, -0.05) is 12.1 Å². The van der Waals surface area contributed by atoms with Gasteiger partial charge in [-0.25, -0.2) is 18.1 Å². The van der Waals surface area contributed by atoms with Crippen molar-refractivity contribution in [2.45, 2.75) is 24.3 Å². The van der Waals surface area contributed by atoms with E-state index in [1.165, 1.54) is 5.56 Å². The van der Waals surface area contributed by atoms with E-state index in [2.05, 4.69) is 15.0 Å². The average Bonchev–Trinajstić information content (AvgIpc) is 3.39. The highest BCUT2D eigenvalue weighted by Gasteiger charge is 2.13. The first-order chi connectivity index (χ1) is 16.5. The predicted octanol–water partition coefficient (Wildman–Crippen LogP) is 1.76. The van der Waals surface area contributed by atoms with Crippen molar-refractivity contribution in [1.29, 1.82) is 0 Å². The van der Waals surface area contributed by atoms with E-state index in [4.69, 9.17) is 9.47 Å². The molecule has 9 nitrogen and oxygen atoms in total. The molecule has 0 aliphatic heterocycles. The molecule has 0 saturated carbocycles. The molecule has 1 unspecified atom stereocenters. The topological polar surface area (TPSA) is 115 Å². The fourth-order valence-corrected chi connectivity index (χ4v) is 4.20. The van der Waals surface area contributed by atoms with Crippen molar-refractivity contribution in [1.82, 2.24) is 19.6 Å². The number of ether oxygens (including phenoxy) is 2. The fraction of sp³-hybridized carbons (Fsp3) is 0.375. The number of rotatable bonds is 15. The maximum absolute atomic E-state index is 12.4. The quantitative estimate of drug-likeness (QED) is 0.279. The number of sulfonamides is 1. The van der Waals surface area contributed by atoms with Crippen LogP contribution < -0.4 is 14.8 Å². The van der Waals surface area contributed by atoms with Crippen molar-refractivity contribution < 1.29 is 23.0 Å². The van der Waals surface area contributed by atoms with Crippen LogP contribution in [0, 0.1) is 0 Å². The lowest BCUT2D eigenvalue weighted by atomic mass is 10.1. The summed E-state index contributed by atoms with van der Waals surface area (Å²) in [6, 6.07) is 14.3. The Kier molecular flexibility index (Phi) is 10.0. The van der Waals surface area contributed by atoms with Crippen LogP contribution in [0.25, 0.3) is 5.69 Å². The molecule has 1 heterocycles. The number of imidazole rings is 1. The molecule has 3 rings (SSSR count). The minimum atomic E-state index is -3.61. The Labute approximate surface area is 200 Å². The molecule has 184 valence electrons. The van der Waals surface area contributed by atoms with Crippen molar-refractivity contribution in [3.8, 4) is 11.4 Å². The van der Waals surface area contributed by atoms with Gasteiger partial charge in [-0.3, -0.25) is 0 Å². The molecule has 2 aromatic carbocycles. The third-order valence-electron chi connectivity index (χ3n) is 5.03. The summed E-state index contributed by atoms with van der Waals surface area (Å²) in [6.07, 6.45) is 5.22. The normalized spacial score (nSPS) is 12.5. The molecule has 0 aliphatic rings. The summed E-state index contributed by atoms with van der Waals surface area (Å²) in [7, 11) is -3.61. The van der Waals surface area contributed by atoms with E-state index in [1.807, 2.05) is 31.2 Å². The largest absolute Gasteiger partial charge is 0.491 e. The Morgan fingerprint density at radius 2 is 1.85 bits per heavy atom. The summed E-state index contributed by atoms with van der Waals surface area (Å²) in [5.41, 5.74) is 1.99. The Balaban J connectivity index is 1.32. The molecule has 1 aromatic heterocycles. The minimum absolute atomic E-state index is 0.139. The van der Waals surface area contributed by atoms with Gasteiger partial charge in [0.2, 0.25) is 10.0 Å².